The summed E-state index contributed by atoms with van der Waals surface area (Å²) in [6, 6.07) is 80.5. The molecule has 0 spiro atoms. The van der Waals surface area contributed by atoms with E-state index < -0.39 is 0 Å². The molecule has 0 aliphatic carbocycles. The molecule has 0 radical (unpaired) electrons. The number of rotatable bonds is 9. The molecule has 11 rings (SSSR count). The smallest absolute Gasteiger partial charge is 0.136 e. The van der Waals surface area contributed by atoms with Gasteiger partial charge in [-0.15, -0.1) is 0 Å². The monoisotopic (exact) mass is 791 g/mol. The fourth-order valence-electron chi connectivity index (χ4n) is 9.00. The molecule has 0 bridgehead atoms. The molecule has 0 amide bonds. The van der Waals surface area contributed by atoms with Crippen molar-refractivity contribution in [3.8, 4) is 33.4 Å². The minimum absolute atomic E-state index is 0.788. The molecule has 10 aromatic carbocycles. The fraction of sp³-hybridized carbons (Fsp3) is 0. The van der Waals surface area contributed by atoms with E-state index in [1.807, 2.05) is 6.08 Å². The van der Waals surface area contributed by atoms with Crippen molar-refractivity contribution >= 4 is 65.9 Å². The van der Waals surface area contributed by atoms with Crippen molar-refractivity contribution in [1.29, 1.82) is 0 Å². The lowest BCUT2D eigenvalue weighted by Crippen LogP contribution is -2.12. The van der Waals surface area contributed by atoms with E-state index in [2.05, 4.69) is 242 Å². The van der Waals surface area contributed by atoms with Crippen LogP contribution in [0.4, 0.5) is 17.1 Å². The van der Waals surface area contributed by atoms with Crippen LogP contribution in [-0.4, -0.2) is 0 Å². The summed E-state index contributed by atoms with van der Waals surface area (Å²) in [7, 11) is 0. The third-order valence-corrected chi connectivity index (χ3v) is 12.0. The summed E-state index contributed by atoms with van der Waals surface area (Å²) >= 11 is 0. The second kappa shape index (κ2) is 15.8. The van der Waals surface area contributed by atoms with Crippen LogP contribution in [0, 0.1) is 0 Å². The van der Waals surface area contributed by atoms with Gasteiger partial charge in [0.05, 0.1) is 5.69 Å². The molecule has 0 fully saturated rings. The highest BCUT2D eigenvalue weighted by Gasteiger charge is 2.21. The van der Waals surface area contributed by atoms with Crippen molar-refractivity contribution in [2.75, 3.05) is 4.90 Å². The molecule has 62 heavy (non-hydrogen) atoms. The van der Waals surface area contributed by atoms with Crippen molar-refractivity contribution in [2.45, 2.75) is 0 Å². The van der Waals surface area contributed by atoms with Crippen LogP contribution in [0.1, 0.15) is 11.3 Å². The number of para-hydroxylation sites is 1. The Balaban J connectivity index is 1.01. The largest absolute Gasteiger partial charge is 0.456 e. The summed E-state index contributed by atoms with van der Waals surface area (Å²) in [5, 5.41) is 8.38. The molecule has 292 valence electrons. The van der Waals surface area contributed by atoms with Crippen LogP contribution in [0.2, 0.25) is 0 Å². The van der Waals surface area contributed by atoms with Gasteiger partial charge in [0.2, 0.25) is 0 Å². The average Bonchev–Trinajstić information content (AvgIpc) is 3.75. The second-order valence-corrected chi connectivity index (χ2v) is 15.7. The summed E-state index contributed by atoms with van der Waals surface area (Å²) < 4.78 is 6.68. The van der Waals surface area contributed by atoms with Crippen LogP contribution >= 0.6 is 0 Å². The van der Waals surface area contributed by atoms with Crippen LogP contribution < -0.4 is 4.90 Å². The lowest BCUT2D eigenvalue weighted by molar-refractivity contribution is 0.601. The number of allylic oxidation sites excluding steroid dienone is 2. The van der Waals surface area contributed by atoms with E-state index in [4.69, 9.17) is 4.42 Å². The van der Waals surface area contributed by atoms with Gasteiger partial charge >= 0.3 is 0 Å². The number of fused-ring (bicyclic) bond motifs is 4. The highest BCUT2D eigenvalue weighted by Crippen LogP contribution is 2.43. The van der Waals surface area contributed by atoms with Crippen molar-refractivity contribution < 1.29 is 4.42 Å². The topological polar surface area (TPSA) is 16.4 Å². The molecule has 0 aliphatic rings. The van der Waals surface area contributed by atoms with Crippen molar-refractivity contribution in [1.82, 2.24) is 0 Å². The van der Waals surface area contributed by atoms with E-state index in [1.165, 1.54) is 54.7 Å². The number of furan rings is 1. The third-order valence-electron chi connectivity index (χ3n) is 12.0. The molecule has 1 heterocycles. The van der Waals surface area contributed by atoms with Crippen LogP contribution in [0.25, 0.3) is 82.2 Å². The molecule has 1 aromatic heterocycles. The number of anilines is 3. The van der Waals surface area contributed by atoms with Gasteiger partial charge in [-0.1, -0.05) is 195 Å². The Labute approximate surface area is 361 Å². The minimum Gasteiger partial charge on any atom is -0.456 e. The van der Waals surface area contributed by atoms with E-state index in [-0.39, 0.29) is 0 Å². The molecule has 2 heteroatoms. The molecule has 11 aromatic rings. The molecule has 0 saturated carbocycles. The molecule has 0 saturated heterocycles. The van der Waals surface area contributed by atoms with Crippen LogP contribution in [-0.2, 0) is 0 Å². The van der Waals surface area contributed by atoms with Crippen LogP contribution in [0.15, 0.2) is 248 Å². The molecule has 0 unspecified atom stereocenters. The quantitative estimate of drug-likeness (QED) is 0.135. The molecule has 0 aliphatic heterocycles. The van der Waals surface area contributed by atoms with Crippen molar-refractivity contribution in [2.24, 2.45) is 0 Å². The average molecular weight is 792 g/mol. The van der Waals surface area contributed by atoms with Crippen molar-refractivity contribution in [3.63, 3.8) is 0 Å². The van der Waals surface area contributed by atoms with Crippen molar-refractivity contribution in [3.05, 3.63) is 255 Å². The first-order chi connectivity index (χ1) is 30.7. The maximum atomic E-state index is 6.68. The second-order valence-electron chi connectivity index (χ2n) is 15.7. The Hall–Kier alpha value is -8.20. The van der Waals surface area contributed by atoms with Gasteiger partial charge in [-0.3, -0.25) is 0 Å². The van der Waals surface area contributed by atoms with Gasteiger partial charge in [0.1, 0.15) is 11.3 Å². The lowest BCUT2D eigenvalue weighted by Gasteiger charge is -2.28. The van der Waals surface area contributed by atoms with Crippen LogP contribution in [0.5, 0.6) is 0 Å². The Morgan fingerprint density at radius 2 is 0.871 bits per heavy atom. The zero-order valence-corrected chi connectivity index (χ0v) is 34.1. The number of benzene rings is 10. The first-order valence-corrected chi connectivity index (χ1v) is 21.1. The zero-order chi connectivity index (χ0) is 41.4. The normalized spacial score (nSPS) is 11.7. The Bertz CT molecular complexity index is 3400. The van der Waals surface area contributed by atoms with Gasteiger partial charge in [-0.2, -0.15) is 0 Å². The fourth-order valence-corrected chi connectivity index (χ4v) is 9.00. The Morgan fingerprint density at radius 1 is 0.403 bits per heavy atom. The molecular weight excluding hydrogens is 751 g/mol. The summed E-state index contributed by atoms with van der Waals surface area (Å²) in [4.78, 5) is 2.35. The first kappa shape index (κ1) is 36.8. The molecule has 2 nitrogen and oxygen atoms in total. The minimum atomic E-state index is 0.788. The van der Waals surface area contributed by atoms with Gasteiger partial charge in [0.15, 0.2) is 0 Å². The van der Waals surface area contributed by atoms with E-state index in [1.54, 1.807) is 0 Å². The summed E-state index contributed by atoms with van der Waals surface area (Å²) in [5.74, 6) is 0.788. The van der Waals surface area contributed by atoms with Gasteiger partial charge in [0, 0.05) is 27.9 Å². The van der Waals surface area contributed by atoms with E-state index in [0.717, 1.165) is 55.9 Å². The maximum Gasteiger partial charge on any atom is 0.136 e. The maximum absolute atomic E-state index is 6.68. The predicted octanol–water partition coefficient (Wildman–Crippen LogP) is 17.0. The van der Waals surface area contributed by atoms with Crippen LogP contribution in [0.3, 0.4) is 0 Å². The number of hydrogen-bond donors (Lipinski definition) is 0. The predicted molar refractivity (Wildman–Crippen MR) is 263 cm³/mol. The Morgan fingerprint density at radius 3 is 1.47 bits per heavy atom. The van der Waals surface area contributed by atoms with E-state index >= 15 is 0 Å². The highest BCUT2D eigenvalue weighted by atomic mass is 16.3. The third kappa shape index (κ3) is 6.74. The molecule has 0 N–H and O–H groups in total. The zero-order valence-electron chi connectivity index (χ0n) is 34.1. The summed E-state index contributed by atoms with van der Waals surface area (Å²) in [6.45, 7) is 4.14. The van der Waals surface area contributed by atoms with Gasteiger partial charge in [0.25, 0.3) is 0 Å². The molecular formula is C60H41NO. The summed E-state index contributed by atoms with van der Waals surface area (Å²) in [6.07, 6.45) is 3.91. The highest BCUT2D eigenvalue weighted by molar-refractivity contribution is 6.01. The van der Waals surface area contributed by atoms with E-state index in [9.17, 15) is 0 Å². The molecule has 0 atom stereocenters. The standard InChI is InChI=1S/C60H41NO/c1-2-13-57(60-40-49-38-47-16-3-4-17-48(47)39-59(49)62-60)56-22-9-10-25-58(56)61(51-36-32-46(33-37-51)55-24-12-19-44-15-6-8-21-53(44)55)50-34-30-42(31-35-50)41-26-28-45(29-27-41)54-23-11-18-43-14-5-7-20-52(43)54/h2-40H,1H2/b57-13-. The SMILES string of the molecule is C=C/C=C(\c1cc2cc3ccccc3cc2o1)c1ccccc1N(c1ccc(-c2ccc(-c3cccc4ccccc34)cc2)cc1)c1ccc(-c2cccc3ccccc23)cc1. The first-order valence-electron chi connectivity index (χ1n) is 21.1. The van der Waals surface area contributed by atoms with Gasteiger partial charge < -0.3 is 9.32 Å². The van der Waals surface area contributed by atoms with Gasteiger partial charge in [-0.25, -0.2) is 0 Å². The lowest BCUT2D eigenvalue weighted by atomic mass is 9.96. The number of nitrogens with zero attached hydrogens (tertiary/aromatic N) is 1. The van der Waals surface area contributed by atoms with E-state index in [0.29, 0.717) is 0 Å². The van der Waals surface area contributed by atoms with Gasteiger partial charge in [-0.05, 0) is 114 Å². The number of hydrogen-bond acceptors (Lipinski definition) is 2. The summed E-state index contributed by atoms with van der Waals surface area (Å²) in [5.41, 5.74) is 13.1. The Kier molecular flexibility index (Phi) is 9.37.